The molecule has 0 aliphatic carbocycles. The summed E-state index contributed by atoms with van der Waals surface area (Å²) < 4.78 is 25.3. The van der Waals surface area contributed by atoms with Gasteiger partial charge < -0.3 is 33.9 Å². The normalized spacial score (nSPS) is 10.3. The van der Waals surface area contributed by atoms with Gasteiger partial charge in [-0.2, -0.15) is 0 Å². The number of carbonyl (C=O) groups excluding carboxylic acids is 2. The Morgan fingerprint density at radius 2 is 1.70 bits per heavy atom. The molecule has 178 valence electrons. The zero-order chi connectivity index (χ0) is 24.5. The highest BCUT2D eigenvalue weighted by molar-refractivity contribution is 5.91. The molecule has 0 unspecified atom stereocenters. The fourth-order valence-electron chi connectivity index (χ4n) is 2.74. The fourth-order valence-corrected chi connectivity index (χ4v) is 2.74. The number of esters is 2. The van der Waals surface area contributed by atoms with Gasteiger partial charge in [0, 0.05) is 6.42 Å². The molecular formula is C21H23NO11. The van der Waals surface area contributed by atoms with Gasteiger partial charge in [0.25, 0.3) is 5.69 Å². The second kappa shape index (κ2) is 11.4. The van der Waals surface area contributed by atoms with Crippen LogP contribution in [0.2, 0.25) is 0 Å². The number of ether oxygens (including phenoxy) is 5. The summed E-state index contributed by atoms with van der Waals surface area (Å²) in [4.78, 5) is 34.4. The maximum absolute atomic E-state index is 12.4. The van der Waals surface area contributed by atoms with Crippen molar-refractivity contribution in [3.05, 3.63) is 45.5 Å². The van der Waals surface area contributed by atoms with Gasteiger partial charge in [-0.25, -0.2) is 4.79 Å². The molecule has 0 fully saturated rings. The predicted octanol–water partition coefficient (Wildman–Crippen LogP) is 2.71. The number of nitro benzene ring substituents is 1. The Hall–Kier alpha value is -4.22. The first kappa shape index (κ1) is 25.0. The molecule has 12 nitrogen and oxygen atoms in total. The van der Waals surface area contributed by atoms with E-state index >= 15 is 0 Å². The predicted molar refractivity (Wildman–Crippen MR) is 112 cm³/mol. The van der Waals surface area contributed by atoms with Crippen LogP contribution >= 0.6 is 0 Å². The number of phenolic OH excluding ortho intramolecular Hbond substituents is 2. The van der Waals surface area contributed by atoms with Crippen LogP contribution in [-0.2, 0) is 20.9 Å². The molecule has 0 aliphatic heterocycles. The molecule has 0 radical (unpaired) electrons. The van der Waals surface area contributed by atoms with E-state index in [1.165, 1.54) is 27.4 Å². The number of carbonyl (C=O) groups is 2. The van der Waals surface area contributed by atoms with Crippen molar-refractivity contribution in [2.75, 3.05) is 27.9 Å². The molecule has 12 heteroatoms. The summed E-state index contributed by atoms with van der Waals surface area (Å²) in [6.45, 7) is -0.402. The zero-order valence-electron chi connectivity index (χ0n) is 18.2. The summed E-state index contributed by atoms with van der Waals surface area (Å²) in [7, 11) is 3.84. The Balaban J connectivity index is 2.19. The molecule has 0 saturated heterocycles. The van der Waals surface area contributed by atoms with E-state index < -0.39 is 35.0 Å². The molecular weight excluding hydrogens is 442 g/mol. The van der Waals surface area contributed by atoms with Gasteiger partial charge in [0.15, 0.2) is 23.0 Å². The lowest BCUT2D eigenvalue weighted by Crippen LogP contribution is -2.08. The first-order valence-electron chi connectivity index (χ1n) is 9.53. The summed E-state index contributed by atoms with van der Waals surface area (Å²) in [6, 6.07) is 4.56. The molecule has 0 spiro atoms. The van der Waals surface area contributed by atoms with Gasteiger partial charge in [-0.05, 0) is 24.6 Å². The van der Waals surface area contributed by atoms with Crippen molar-refractivity contribution in [2.45, 2.75) is 19.4 Å². The molecule has 2 aromatic carbocycles. The average Bonchev–Trinajstić information content (AvgIpc) is 2.81. The minimum atomic E-state index is -0.917. The van der Waals surface area contributed by atoms with E-state index in [9.17, 15) is 29.9 Å². The lowest BCUT2D eigenvalue weighted by atomic mass is 10.1. The van der Waals surface area contributed by atoms with Gasteiger partial charge >= 0.3 is 11.9 Å². The van der Waals surface area contributed by atoms with Gasteiger partial charge in [0.05, 0.1) is 50.1 Å². The maximum Gasteiger partial charge on any atom is 0.338 e. The van der Waals surface area contributed by atoms with Crippen molar-refractivity contribution in [2.24, 2.45) is 0 Å². The Bertz CT molecular complexity index is 1040. The second-order valence-corrected chi connectivity index (χ2v) is 6.54. The Morgan fingerprint density at radius 1 is 1.00 bits per heavy atom. The lowest BCUT2D eigenvalue weighted by molar-refractivity contribution is -0.385. The summed E-state index contributed by atoms with van der Waals surface area (Å²) in [5.41, 5.74) is -0.484. The third-order valence-corrected chi connectivity index (χ3v) is 4.44. The van der Waals surface area contributed by atoms with Gasteiger partial charge in [0.2, 0.25) is 5.75 Å². The van der Waals surface area contributed by atoms with Crippen LogP contribution in [0.1, 0.15) is 28.8 Å². The molecule has 2 aromatic rings. The van der Waals surface area contributed by atoms with Crippen molar-refractivity contribution >= 4 is 17.6 Å². The molecule has 0 aliphatic rings. The van der Waals surface area contributed by atoms with E-state index in [1.807, 2.05) is 0 Å². The van der Waals surface area contributed by atoms with Crippen LogP contribution in [0.4, 0.5) is 5.69 Å². The maximum atomic E-state index is 12.4. The monoisotopic (exact) mass is 465 g/mol. The SMILES string of the molecule is COC(=O)CCCOc1cc([N+](=O)[O-])c(COC(=O)c2cc(O)c(O)c(OC)c2)cc1OC. The number of nitro groups is 1. The van der Waals surface area contributed by atoms with Gasteiger partial charge in [-0.15, -0.1) is 0 Å². The molecule has 33 heavy (non-hydrogen) atoms. The number of aromatic hydroxyl groups is 2. The third kappa shape index (κ3) is 6.38. The Labute approximate surface area is 188 Å². The molecule has 0 amide bonds. The van der Waals surface area contributed by atoms with E-state index in [2.05, 4.69) is 4.74 Å². The van der Waals surface area contributed by atoms with E-state index in [-0.39, 0.29) is 47.1 Å². The lowest BCUT2D eigenvalue weighted by Gasteiger charge is -2.13. The topological polar surface area (TPSA) is 164 Å². The highest BCUT2D eigenvalue weighted by atomic mass is 16.6. The van der Waals surface area contributed by atoms with Crippen LogP contribution in [0.5, 0.6) is 28.7 Å². The summed E-state index contributed by atoms with van der Waals surface area (Å²) in [5, 5.41) is 30.9. The van der Waals surface area contributed by atoms with Crippen LogP contribution in [-0.4, -0.2) is 55.0 Å². The molecule has 0 aromatic heterocycles. The van der Waals surface area contributed by atoms with Crippen LogP contribution in [0.15, 0.2) is 24.3 Å². The van der Waals surface area contributed by atoms with Crippen molar-refractivity contribution in [1.29, 1.82) is 0 Å². The number of phenols is 2. The number of rotatable bonds is 11. The Morgan fingerprint density at radius 3 is 2.30 bits per heavy atom. The van der Waals surface area contributed by atoms with Gasteiger partial charge in [-0.3, -0.25) is 14.9 Å². The third-order valence-electron chi connectivity index (χ3n) is 4.44. The van der Waals surface area contributed by atoms with Crippen LogP contribution < -0.4 is 14.2 Å². The minimum absolute atomic E-state index is 0.0297. The first-order chi connectivity index (χ1) is 15.7. The van der Waals surface area contributed by atoms with Crippen molar-refractivity contribution in [3.63, 3.8) is 0 Å². The number of methoxy groups -OCH3 is 3. The molecule has 0 saturated carbocycles. The fraction of sp³-hybridized carbons (Fsp3) is 0.333. The van der Waals surface area contributed by atoms with Gasteiger partial charge in [-0.1, -0.05) is 0 Å². The highest BCUT2D eigenvalue weighted by Gasteiger charge is 2.22. The van der Waals surface area contributed by atoms with Crippen LogP contribution in [0.25, 0.3) is 0 Å². The van der Waals surface area contributed by atoms with E-state index in [0.717, 1.165) is 18.2 Å². The van der Waals surface area contributed by atoms with E-state index in [1.54, 1.807) is 0 Å². The van der Waals surface area contributed by atoms with E-state index in [0.29, 0.717) is 6.42 Å². The quantitative estimate of drug-likeness (QED) is 0.165. The Kier molecular flexibility index (Phi) is 8.66. The number of hydrogen-bond donors (Lipinski definition) is 2. The largest absolute Gasteiger partial charge is 0.504 e. The average molecular weight is 465 g/mol. The van der Waals surface area contributed by atoms with Crippen LogP contribution in [0.3, 0.4) is 0 Å². The smallest absolute Gasteiger partial charge is 0.338 e. The highest BCUT2D eigenvalue weighted by Crippen LogP contribution is 2.37. The van der Waals surface area contributed by atoms with Crippen LogP contribution in [0, 0.1) is 10.1 Å². The van der Waals surface area contributed by atoms with Crippen molar-refractivity contribution < 1.29 is 48.4 Å². The van der Waals surface area contributed by atoms with Crippen molar-refractivity contribution in [1.82, 2.24) is 0 Å². The minimum Gasteiger partial charge on any atom is -0.504 e. The van der Waals surface area contributed by atoms with Gasteiger partial charge in [0.1, 0.15) is 6.61 Å². The molecule has 0 bridgehead atoms. The van der Waals surface area contributed by atoms with E-state index in [4.69, 9.17) is 18.9 Å². The molecule has 0 heterocycles. The first-order valence-corrected chi connectivity index (χ1v) is 9.53. The summed E-state index contributed by atoms with van der Waals surface area (Å²) in [6.07, 6.45) is 0.443. The summed E-state index contributed by atoms with van der Waals surface area (Å²) >= 11 is 0. The second-order valence-electron chi connectivity index (χ2n) is 6.54. The number of hydrogen-bond acceptors (Lipinski definition) is 11. The summed E-state index contributed by atoms with van der Waals surface area (Å²) in [5.74, 6) is -2.37. The number of benzene rings is 2. The number of nitrogens with zero attached hydrogens (tertiary/aromatic N) is 1. The molecule has 0 atom stereocenters. The zero-order valence-corrected chi connectivity index (χ0v) is 18.2. The standard InChI is InChI=1S/C21H23NO11/c1-29-16-9-13(11-33-21(26)12-7-15(23)20(25)18(8-12)30-2)14(22(27)28)10-17(16)32-6-4-5-19(24)31-3/h7-10,23,25H,4-6,11H2,1-3H3. The van der Waals surface area contributed by atoms with Crippen molar-refractivity contribution in [3.8, 4) is 28.7 Å². The molecule has 2 rings (SSSR count). The molecule has 2 N–H and O–H groups in total.